The maximum Gasteiger partial charge on any atom is 0.264 e. The number of pyridine rings is 2. The van der Waals surface area contributed by atoms with Crippen LogP contribution < -0.4 is 0 Å². The van der Waals surface area contributed by atoms with E-state index in [-0.39, 0.29) is 27.9 Å². The monoisotopic (exact) mass is 379 g/mol. The fraction of sp³-hybridized carbons (Fsp3) is 0.100. The van der Waals surface area contributed by atoms with E-state index in [0.717, 1.165) is 6.07 Å². The Hall–Kier alpha value is -3.73. The molecular weight excluding hydrogens is 367 g/mol. The highest BCUT2D eigenvalue weighted by Crippen LogP contribution is 2.36. The third kappa shape index (κ3) is 2.87. The van der Waals surface area contributed by atoms with Crippen LogP contribution in [0.5, 0.6) is 0 Å². The van der Waals surface area contributed by atoms with Crippen molar-refractivity contribution < 1.29 is 13.2 Å². The molecule has 0 saturated heterocycles. The smallest absolute Gasteiger partial charge is 0.264 e. The van der Waals surface area contributed by atoms with Gasteiger partial charge in [-0.3, -0.25) is 4.98 Å². The van der Waals surface area contributed by atoms with Crippen molar-refractivity contribution in [2.75, 3.05) is 0 Å². The van der Waals surface area contributed by atoms with E-state index < -0.39 is 12.2 Å². The third-order valence-corrected chi connectivity index (χ3v) is 4.40. The van der Waals surface area contributed by atoms with Crippen LogP contribution in [0.1, 0.15) is 17.6 Å². The van der Waals surface area contributed by atoms with E-state index in [1.54, 1.807) is 37.6 Å². The van der Waals surface area contributed by atoms with E-state index in [4.69, 9.17) is 5.26 Å². The van der Waals surface area contributed by atoms with Gasteiger partial charge in [-0.1, -0.05) is 0 Å². The van der Waals surface area contributed by atoms with Crippen LogP contribution in [0.15, 0.2) is 48.8 Å². The Morgan fingerprint density at radius 2 is 1.82 bits per heavy atom. The topological polar surface area (TPSA) is 67.4 Å². The van der Waals surface area contributed by atoms with Gasteiger partial charge in [0.05, 0.1) is 16.6 Å². The number of aromatic nitrogens is 4. The fourth-order valence-electron chi connectivity index (χ4n) is 3.08. The van der Waals surface area contributed by atoms with Crippen molar-refractivity contribution in [3.63, 3.8) is 0 Å². The standard InChI is InChI=1S/C20H12F3N5/c1-28-20-17(18(27-28)11-4-6-25-7-5-11)14(19(22)23)9-16(26-20)12-2-3-15(21)13(8-12)10-24/h2-9,19H,1H3. The quantitative estimate of drug-likeness (QED) is 0.520. The molecule has 0 radical (unpaired) electrons. The van der Waals surface area contributed by atoms with Crippen molar-refractivity contribution in [1.29, 1.82) is 5.26 Å². The Morgan fingerprint density at radius 1 is 1.07 bits per heavy atom. The third-order valence-electron chi connectivity index (χ3n) is 4.40. The average molecular weight is 379 g/mol. The summed E-state index contributed by atoms with van der Waals surface area (Å²) in [7, 11) is 1.62. The minimum Gasteiger partial charge on any atom is -0.265 e. The highest BCUT2D eigenvalue weighted by atomic mass is 19.3. The Labute approximate surface area is 157 Å². The summed E-state index contributed by atoms with van der Waals surface area (Å²) in [4.78, 5) is 8.40. The predicted molar refractivity (Wildman–Crippen MR) is 96.8 cm³/mol. The molecule has 0 amide bonds. The first-order chi connectivity index (χ1) is 13.5. The number of aryl methyl sites for hydroxylation is 1. The molecule has 3 aromatic heterocycles. The van der Waals surface area contributed by atoms with Crippen molar-refractivity contribution in [2.24, 2.45) is 7.05 Å². The molecule has 5 nitrogen and oxygen atoms in total. The predicted octanol–water partition coefficient (Wildman–Crippen LogP) is 4.65. The van der Waals surface area contributed by atoms with Crippen molar-refractivity contribution in [3.05, 3.63) is 65.7 Å². The maximum atomic E-state index is 13.9. The molecule has 138 valence electrons. The lowest BCUT2D eigenvalue weighted by Crippen LogP contribution is -1.97. The molecule has 1 aromatic carbocycles. The van der Waals surface area contributed by atoms with Crippen LogP contribution in [-0.4, -0.2) is 19.7 Å². The first kappa shape index (κ1) is 17.7. The largest absolute Gasteiger partial charge is 0.265 e. The minimum absolute atomic E-state index is 0.180. The van der Waals surface area contributed by atoms with Crippen molar-refractivity contribution in [3.8, 4) is 28.6 Å². The molecule has 28 heavy (non-hydrogen) atoms. The van der Waals surface area contributed by atoms with Crippen LogP contribution in [0.3, 0.4) is 0 Å². The zero-order chi connectivity index (χ0) is 19.8. The number of hydrogen-bond acceptors (Lipinski definition) is 4. The molecule has 8 heteroatoms. The summed E-state index contributed by atoms with van der Waals surface area (Å²) >= 11 is 0. The molecule has 0 aliphatic carbocycles. The van der Waals surface area contributed by atoms with E-state index >= 15 is 0 Å². The number of benzene rings is 1. The summed E-state index contributed by atoms with van der Waals surface area (Å²) in [6.45, 7) is 0. The average Bonchev–Trinajstić information content (AvgIpc) is 3.05. The summed E-state index contributed by atoms with van der Waals surface area (Å²) < 4.78 is 42.9. The SMILES string of the molecule is Cn1nc(-c2ccncc2)c2c(C(F)F)cc(-c3ccc(F)c(C#N)c3)nc21. The van der Waals surface area contributed by atoms with Gasteiger partial charge in [0.2, 0.25) is 0 Å². The highest BCUT2D eigenvalue weighted by molar-refractivity contribution is 5.95. The molecule has 0 spiro atoms. The second kappa shape index (κ2) is 6.78. The molecule has 4 rings (SSSR count). The molecule has 0 aliphatic heterocycles. The number of rotatable bonds is 3. The molecule has 0 aliphatic rings. The molecule has 0 atom stereocenters. The van der Waals surface area contributed by atoms with Gasteiger partial charge in [-0.25, -0.2) is 22.8 Å². The molecule has 0 fully saturated rings. The van der Waals surface area contributed by atoms with Gasteiger partial charge in [0, 0.05) is 36.1 Å². The summed E-state index contributed by atoms with van der Waals surface area (Å²) in [5, 5.41) is 13.6. The Balaban J connectivity index is 2.01. The van der Waals surface area contributed by atoms with Crippen LogP contribution in [0.4, 0.5) is 13.2 Å². The molecule has 0 bridgehead atoms. The number of nitriles is 1. The van der Waals surface area contributed by atoms with E-state index in [0.29, 0.717) is 16.8 Å². The van der Waals surface area contributed by atoms with Crippen LogP contribution in [-0.2, 0) is 7.05 Å². The van der Waals surface area contributed by atoms with Crippen LogP contribution in [0, 0.1) is 17.1 Å². The fourth-order valence-corrected chi connectivity index (χ4v) is 3.08. The molecule has 0 unspecified atom stereocenters. The van der Waals surface area contributed by atoms with Gasteiger partial charge in [-0.05, 0) is 36.4 Å². The lowest BCUT2D eigenvalue weighted by atomic mass is 10.0. The number of hydrogen-bond donors (Lipinski definition) is 0. The van der Waals surface area contributed by atoms with Gasteiger partial charge in [-0.15, -0.1) is 0 Å². The Bertz CT molecular complexity index is 1230. The first-order valence-corrected chi connectivity index (χ1v) is 8.26. The second-order valence-electron chi connectivity index (χ2n) is 6.11. The normalized spacial score (nSPS) is 11.1. The first-order valence-electron chi connectivity index (χ1n) is 8.26. The summed E-state index contributed by atoms with van der Waals surface area (Å²) in [6.07, 6.45) is 0.341. The lowest BCUT2D eigenvalue weighted by molar-refractivity contribution is 0.153. The molecule has 3 heterocycles. The number of halogens is 3. The molecular formula is C20H12F3N5. The van der Waals surface area contributed by atoms with Gasteiger partial charge in [0.25, 0.3) is 6.43 Å². The molecule has 0 saturated carbocycles. The number of fused-ring (bicyclic) bond motifs is 1. The number of nitrogens with zero attached hydrogens (tertiary/aromatic N) is 5. The molecule has 4 aromatic rings. The Morgan fingerprint density at radius 3 is 2.50 bits per heavy atom. The summed E-state index contributed by atoms with van der Waals surface area (Å²) in [6, 6.07) is 10.2. The van der Waals surface area contributed by atoms with Gasteiger partial charge in [0.15, 0.2) is 5.65 Å². The second-order valence-corrected chi connectivity index (χ2v) is 6.11. The van der Waals surface area contributed by atoms with E-state index in [1.165, 1.54) is 22.9 Å². The number of alkyl halides is 2. The zero-order valence-corrected chi connectivity index (χ0v) is 14.6. The van der Waals surface area contributed by atoms with E-state index in [1.807, 2.05) is 0 Å². The summed E-state index contributed by atoms with van der Waals surface area (Å²) in [5.41, 5.74) is 1.46. The zero-order valence-electron chi connectivity index (χ0n) is 14.6. The van der Waals surface area contributed by atoms with Crippen LogP contribution in [0.2, 0.25) is 0 Å². The van der Waals surface area contributed by atoms with Crippen LogP contribution >= 0.6 is 0 Å². The van der Waals surface area contributed by atoms with Gasteiger partial charge < -0.3 is 0 Å². The Kier molecular flexibility index (Phi) is 4.28. The van der Waals surface area contributed by atoms with Crippen LogP contribution in [0.25, 0.3) is 33.5 Å². The highest BCUT2D eigenvalue weighted by Gasteiger charge is 2.23. The van der Waals surface area contributed by atoms with Gasteiger partial charge in [0.1, 0.15) is 17.6 Å². The van der Waals surface area contributed by atoms with Gasteiger partial charge >= 0.3 is 0 Å². The van der Waals surface area contributed by atoms with E-state index in [2.05, 4.69) is 15.1 Å². The van der Waals surface area contributed by atoms with E-state index in [9.17, 15) is 13.2 Å². The van der Waals surface area contributed by atoms with Crippen molar-refractivity contribution in [2.45, 2.75) is 6.43 Å². The maximum absolute atomic E-state index is 13.9. The van der Waals surface area contributed by atoms with Crippen molar-refractivity contribution in [1.82, 2.24) is 19.7 Å². The lowest BCUT2D eigenvalue weighted by Gasteiger charge is -2.09. The summed E-state index contributed by atoms with van der Waals surface area (Å²) in [5.74, 6) is -0.679. The van der Waals surface area contributed by atoms with Crippen molar-refractivity contribution >= 4 is 11.0 Å². The van der Waals surface area contributed by atoms with Gasteiger partial charge in [-0.2, -0.15) is 10.4 Å². The minimum atomic E-state index is -2.77. The molecule has 0 N–H and O–H groups in total.